The molecule has 0 aliphatic rings. The molecule has 4 aromatic rings. The highest BCUT2D eigenvalue weighted by molar-refractivity contribution is 7.10. The normalized spacial score (nSPS) is 11.1. The van der Waals surface area contributed by atoms with Gasteiger partial charge in [-0.25, -0.2) is 9.67 Å². The van der Waals surface area contributed by atoms with Gasteiger partial charge in [0.15, 0.2) is 5.65 Å². The third kappa shape index (κ3) is 4.55. The molecule has 0 saturated carbocycles. The second-order valence-corrected chi connectivity index (χ2v) is 7.99. The molecule has 0 radical (unpaired) electrons. The summed E-state index contributed by atoms with van der Waals surface area (Å²) in [6.07, 6.45) is 3.40. The molecule has 7 nitrogen and oxygen atoms in total. The summed E-state index contributed by atoms with van der Waals surface area (Å²) in [6.45, 7) is 1.23. The van der Waals surface area contributed by atoms with E-state index in [0.717, 1.165) is 10.4 Å². The molecule has 0 spiro atoms. The molecule has 1 N–H and O–H groups in total. The molecule has 1 aromatic carbocycles. The van der Waals surface area contributed by atoms with Crippen molar-refractivity contribution in [2.45, 2.75) is 19.5 Å². The zero-order valence-electron chi connectivity index (χ0n) is 15.4. The zero-order chi connectivity index (χ0) is 20.2. The van der Waals surface area contributed by atoms with Gasteiger partial charge in [-0.2, -0.15) is 5.10 Å². The first-order chi connectivity index (χ1) is 14.1. The van der Waals surface area contributed by atoms with Crippen LogP contribution in [0.5, 0.6) is 0 Å². The van der Waals surface area contributed by atoms with Crippen LogP contribution in [-0.2, 0) is 24.3 Å². The highest BCUT2D eigenvalue weighted by Crippen LogP contribution is 2.12. The fraction of sp³-hybridized carbons (Fsp3) is 0.200. The fourth-order valence-corrected chi connectivity index (χ4v) is 3.96. The van der Waals surface area contributed by atoms with Gasteiger partial charge in [-0.15, -0.1) is 11.3 Å². The third-order valence-corrected chi connectivity index (χ3v) is 5.54. The number of nitrogens with one attached hydrogen (secondary N) is 1. The van der Waals surface area contributed by atoms with Gasteiger partial charge < -0.3 is 5.32 Å². The van der Waals surface area contributed by atoms with Crippen LogP contribution in [0.2, 0.25) is 5.02 Å². The number of halogens is 1. The maximum Gasteiger partial charge on any atom is 0.264 e. The average Bonchev–Trinajstić information content (AvgIpc) is 3.34. The van der Waals surface area contributed by atoms with Crippen molar-refractivity contribution in [3.05, 3.63) is 80.1 Å². The van der Waals surface area contributed by atoms with Crippen LogP contribution < -0.4 is 10.9 Å². The second-order valence-electron chi connectivity index (χ2n) is 6.52. The number of nitrogens with zero attached hydrogens (tertiary/aromatic N) is 4. The fourth-order valence-electron chi connectivity index (χ4n) is 3.04. The number of thiophene rings is 1. The van der Waals surface area contributed by atoms with Gasteiger partial charge in [0, 0.05) is 16.4 Å². The Morgan fingerprint density at radius 2 is 2.14 bits per heavy atom. The van der Waals surface area contributed by atoms with E-state index in [2.05, 4.69) is 15.4 Å². The minimum atomic E-state index is -0.164. The summed E-state index contributed by atoms with van der Waals surface area (Å²) in [4.78, 5) is 30.2. The van der Waals surface area contributed by atoms with Crippen LogP contribution in [0.3, 0.4) is 0 Å². The van der Waals surface area contributed by atoms with E-state index in [9.17, 15) is 9.59 Å². The highest BCUT2D eigenvalue weighted by Gasteiger charge is 2.11. The minimum Gasteiger partial charge on any atom is -0.354 e. The molecule has 29 heavy (non-hydrogen) atoms. The topological polar surface area (TPSA) is 81.8 Å². The van der Waals surface area contributed by atoms with E-state index in [1.54, 1.807) is 22.1 Å². The quantitative estimate of drug-likeness (QED) is 0.491. The molecule has 3 aromatic heterocycles. The average molecular weight is 428 g/mol. The first-order valence-corrected chi connectivity index (χ1v) is 10.3. The van der Waals surface area contributed by atoms with Crippen molar-refractivity contribution in [2.75, 3.05) is 6.54 Å². The second kappa shape index (κ2) is 8.59. The largest absolute Gasteiger partial charge is 0.354 e. The first kappa shape index (κ1) is 19.4. The number of carbonyl (C=O) groups is 1. The van der Waals surface area contributed by atoms with Crippen LogP contribution in [0.25, 0.3) is 11.0 Å². The van der Waals surface area contributed by atoms with E-state index < -0.39 is 0 Å². The molecule has 0 bridgehead atoms. The molecule has 0 aliphatic heterocycles. The standard InChI is InChI=1S/C20H18ClN5O2S/c21-15-4-1-3-14(9-15)12-25-13-23-19-17(20(25)28)11-24-26(19)7-6-22-18(27)10-16-5-2-8-29-16/h1-5,8-9,11,13H,6-7,10,12H2,(H,22,27). The van der Waals surface area contributed by atoms with Gasteiger partial charge in [0.05, 0.1) is 25.7 Å². The van der Waals surface area contributed by atoms with Gasteiger partial charge in [0.2, 0.25) is 5.91 Å². The molecule has 4 rings (SSSR count). The number of benzene rings is 1. The van der Waals surface area contributed by atoms with Crippen LogP contribution in [0.4, 0.5) is 0 Å². The molecule has 148 valence electrons. The Morgan fingerprint density at radius 3 is 2.93 bits per heavy atom. The predicted molar refractivity (Wildman–Crippen MR) is 113 cm³/mol. The zero-order valence-corrected chi connectivity index (χ0v) is 17.0. The monoisotopic (exact) mass is 427 g/mol. The smallest absolute Gasteiger partial charge is 0.264 e. The van der Waals surface area contributed by atoms with E-state index in [-0.39, 0.29) is 11.5 Å². The maximum absolute atomic E-state index is 12.8. The SMILES string of the molecule is O=C(Cc1cccs1)NCCn1ncc2c(=O)n(Cc3cccc(Cl)c3)cnc21. The maximum atomic E-state index is 12.8. The summed E-state index contributed by atoms with van der Waals surface area (Å²) in [5.41, 5.74) is 1.26. The molecule has 1 amide bonds. The Balaban J connectivity index is 1.43. The Morgan fingerprint density at radius 1 is 1.24 bits per heavy atom. The summed E-state index contributed by atoms with van der Waals surface area (Å²) < 4.78 is 3.16. The Kier molecular flexibility index (Phi) is 5.73. The Hall–Kier alpha value is -2.97. The van der Waals surface area contributed by atoms with Gasteiger partial charge in [-0.1, -0.05) is 29.8 Å². The van der Waals surface area contributed by atoms with Crippen LogP contribution >= 0.6 is 22.9 Å². The number of rotatable bonds is 7. The van der Waals surface area contributed by atoms with Crippen LogP contribution in [0.1, 0.15) is 10.4 Å². The predicted octanol–water partition coefficient (Wildman–Crippen LogP) is 2.72. The lowest BCUT2D eigenvalue weighted by Gasteiger charge is -2.07. The van der Waals surface area contributed by atoms with E-state index in [0.29, 0.717) is 42.1 Å². The van der Waals surface area contributed by atoms with Crippen LogP contribution in [0, 0.1) is 0 Å². The Labute approximate surface area is 175 Å². The van der Waals surface area contributed by atoms with Gasteiger partial charge in [-0.05, 0) is 29.1 Å². The summed E-state index contributed by atoms with van der Waals surface area (Å²) >= 11 is 7.57. The van der Waals surface area contributed by atoms with E-state index >= 15 is 0 Å². The van der Waals surface area contributed by atoms with Crippen molar-refractivity contribution in [3.8, 4) is 0 Å². The van der Waals surface area contributed by atoms with Crippen molar-refractivity contribution < 1.29 is 4.79 Å². The van der Waals surface area contributed by atoms with Gasteiger partial charge >= 0.3 is 0 Å². The molecular formula is C20H18ClN5O2S. The summed E-state index contributed by atoms with van der Waals surface area (Å²) in [7, 11) is 0. The first-order valence-electron chi connectivity index (χ1n) is 9.04. The highest BCUT2D eigenvalue weighted by atomic mass is 35.5. The van der Waals surface area contributed by atoms with Crippen molar-refractivity contribution in [3.63, 3.8) is 0 Å². The molecule has 0 unspecified atom stereocenters. The van der Waals surface area contributed by atoms with E-state index in [4.69, 9.17) is 11.6 Å². The lowest BCUT2D eigenvalue weighted by atomic mass is 10.2. The number of hydrogen-bond donors (Lipinski definition) is 1. The van der Waals surface area contributed by atoms with Crippen molar-refractivity contribution in [1.29, 1.82) is 0 Å². The number of carbonyl (C=O) groups excluding carboxylic acids is 1. The minimum absolute atomic E-state index is 0.0410. The molecule has 3 heterocycles. The molecule has 0 aliphatic carbocycles. The van der Waals surface area contributed by atoms with Crippen LogP contribution in [-0.4, -0.2) is 31.8 Å². The number of hydrogen-bond acceptors (Lipinski definition) is 5. The van der Waals surface area contributed by atoms with Gasteiger partial charge in [0.1, 0.15) is 11.7 Å². The number of aromatic nitrogens is 4. The van der Waals surface area contributed by atoms with Gasteiger partial charge in [-0.3, -0.25) is 14.2 Å². The van der Waals surface area contributed by atoms with E-state index in [1.165, 1.54) is 17.1 Å². The lowest BCUT2D eigenvalue weighted by molar-refractivity contribution is -0.120. The summed E-state index contributed by atoms with van der Waals surface area (Å²) in [5, 5.41) is 10.1. The van der Waals surface area contributed by atoms with Gasteiger partial charge in [0.25, 0.3) is 5.56 Å². The summed E-state index contributed by atoms with van der Waals surface area (Å²) in [5.74, 6) is -0.0410. The summed E-state index contributed by atoms with van der Waals surface area (Å²) in [6, 6.07) is 11.2. The molecular weight excluding hydrogens is 410 g/mol. The molecule has 0 fully saturated rings. The number of fused-ring (bicyclic) bond motifs is 1. The molecule has 9 heteroatoms. The van der Waals surface area contributed by atoms with Crippen molar-refractivity contribution in [2.24, 2.45) is 0 Å². The van der Waals surface area contributed by atoms with Crippen molar-refractivity contribution >= 4 is 39.9 Å². The Bertz CT molecular complexity index is 1200. The molecule has 0 saturated heterocycles. The lowest BCUT2D eigenvalue weighted by Crippen LogP contribution is -2.28. The number of amides is 1. The van der Waals surface area contributed by atoms with E-state index in [1.807, 2.05) is 35.7 Å². The molecule has 0 atom stereocenters. The van der Waals surface area contributed by atoms with Crippen LogP contribution in [0.15, 0.2) is 59.1 Å². The third-order valence-electron chi connectivity index (χ3n) is 4.42. The van der Waals surface area contributed by atoms with Crippen molar-refractivity contribution in [1.82, 2.24) is 24.6 Å².